The number of nitrogens with zero attached hydrogens (tertiary/aromatic N) is 2. The Balaban J connectivity index is 1.48. The van der Waals surface area contributed by atoms with E-state index in [1.807, 2.05) is 0 Å². The van der Waals surface area contributed by atoms with Gasteiger partial charge in [0.1, 0.15) is 11.8 Å². The summed E-state index contributed by atoms with van der Waals surface area (Å²) in [5, 5.41) is 5.52. The van der Waals surface area contributed by atoms with Crippen molar-refractivity contribution in [1.29, 1.82) is 0 Å². The van der Waals surface area contributed by atoms with Crippen LogP contribution in [0.4, 0.5) is 0 Å². The van der Waals surface area contributed by atoms with Crippen molar-refractivity contribution >= 4 is 21.8 Å². The van der Waals surface area contributed by atoms with Crippen molar-refractivity contribution in [3.05, 3.63) is 54.4 Å². The van der Waals surface area contributed by atoms with Crippen molar-refractivity contribution in [1.82, 2.24) is 19.9 Å². The zero-order valence-electron chi connectivity index (χ0n) is 18.2. The minimum Gasteiger partial charge on any atom is -0.497 e. The molecule has 0 radical (unpaired) electrons. The molecule has 2 aromatic rings. The molecule has 1 saturated heterocycles. The summed E-state index contributed by atoms with van der Waals surface area (Å²) < 4.78 is 32.2. The molecular weight excluding hydrogens is 432 g/mol. The summed E-state index contributed by atoms with van der Waals surface area (Å²) in [7, 11) is -2.11. The van der Waals surface area contributed by atoms with E-state index >= 15 is 0 Å². The molecule has 0 aliphatic carbocycles. The number of ether oxygens (including phenoxy) is 1. The number of hydrogen-bond donors (Lipinski definition) is 2. The van der Waals surface area contributed by atoms with Crippen LogP contribution in [-0.4, -0.2) is 55.8 Å². The zero-order chi connectivity index (χ0) is 23.1. The van der Waals surface area contributed by atoms with Gasteiger partial charge in [-0.25, -0.2) is 8.42 Å². The summed E-state index contributed by atoms with van der Waals surface area (Å²) in [6, 6.07) is 9.15. The summed E-state index contributed by atoms with van der Waals surface area (Å²) in [5.41, 5.74) is 0.914. The van der Waals surface area contributed by atoms with Gasteiger partial charge in [-0.3, -0.25) is 14.6 Å². The number of amides is 2. The van der Waals surface area contributed by atoms with Crippen LogP contribution in [0.5, 0.6) is 5.75 Å². The fourth-order valence-corrected chi connectivity index (χ4v) is 4.96. The van der Waals surface area contributed by atoms with E-state index in [0.29, 0.717) is 25.1 Å². The Bertz CT molecular complexity index is 1020. The second-order valence-corrected chi connectivity index (χ2v) is 9.60. The number of methoxy groups -OCH3 is 1. The first-order valence-corrected chi connectivity index (χ1v) is 11.9. The highest BCUT2D eigenvalue weighted by Crippen LogP contribution is 2.25. The third kappa shape index (κ3) is 5.83. The Morgan fingerprint density at radius 3 is 2.34 bits per heavy atom. The van der Waals surface area contributed by atoms with E-state index in [-0.39, 0.29) is 35.7 Å². The average Bonchev–Trinajstić information content (AvgIpc) is 2.83. The Morgan fingerprint density at radius 1 is 1.12 bits per heavy atom. The van der Waals surface area contributed by atoms with E-state index in [1.54, 1.807) is 43.6 Å². The number of carbonyl (C=O) groups excluding carboxylic acids is 2. The standard InChI is InChI=1S/C22H28N4O5S/c1-16(21(27)24-15-17-7-11-23-12-8-17)25-22(28)18-9-13-26(14-10-18)32(29,30)20-5-3-19(31-2)4-6-20/h3-8,11-12,16,18H,9-10,13-15H2,1-2H3,(H,24,27)(H,25,28)/t16-/m1/s1. The summed E-state index contributed by atoms with van der Waals surface area (Å²) in [6.07, 6.45) is 4.08. The second kappa shape index (κ2) is 10.6. The van der Waals surface area contributed by atoms with Crippen LogP contribution in [0.3, 0.4) is 0 Å². The largest absolute Gasteiger partial charge is 0.497 e. The molecule has 9 nitrogen and oxygen atoms in total. The normalized spacial score (nSPS) is 16.2. The van der Waals surface area contributed by atoms with Gasteiger partial charge in [0.05, 0.1) is 12.0 Å². The average molecular weight is 461 g/mol. The number of rotatable bonds is 8. The van der Waals surface area contributed by atoms with Crippen molar-refractivity contribution in [3.63, 3.8) is 0 Å². The first-order valence-electron chi connectivity index (χ1n) is 10.4. The van der Waals surface area contributed by atoms with Crippen molar-refractivity contribution in [2.45, 2.75) is 37.2 Å². The molecule has 0 saturated carbocycles. The quantitative estimate of drug-likeness (QED) is 0.613. The summed E-state index contributed by atoms with van der Waals surface area (Å²) in [6.45, 7) is 2.47. The minimum absolute atomic E-state index is 0.195. The number of aromatic nitrogens is 1. The van der Waals surface area contributed by atoms with Gasteiger partial charge >= 0.3 is 0 Å². The zero-order valence-corrected chi connectivity index (χ0v) is 19.0. The molecular formula is C22H28N4O5S. The maximum atomic E-state index is 12.8. The molecule has 1 aromatic heterocycles. The molecule has 1 atom stereocenters. The first kappa shape index (κ1) is 23.7. The molecule has 0 unspecified atom stereocenters. The molecule has 2 amide bonds. The molecule has 1 aliphatic rings. The van der Waals surface area contributed by atoms with Crippen LogP contribution >= 0.6 is 0 Å². The number of hydrogen-bond acceptors (Lipinski definition) is 6. The predicted octanol–water partition coefficient (Wildman–Crippen LogP) is 1.31. The van der Waals surface area contributed by atoms with Crippen LogP contribution in [0.15, 0.2) is 53.7 Å². The number of sulfonamides is 1. The van der Waals surface area contributed by atoms with Gasteiger partial charge in [0.25, 0.3) is 0 Å². The number of benzene rings is 1. The van der Waals surface area contributed by atoms with Crippen LogP contribution in [-0.2, 0) is 26.2 Å². The van der Waals surface area contributed by atoms with E-state index in [9.17, 15) is 18.0 Å². The van der Waals surface area contributed by atoms with Crippen molar-refractivity contribution in [2.24, 2.45) is 5.92 Å². The van der Waals surface area contributed by atoms with Gasteiger partial charge in [0.15, 0.2) is 0 Å². The molecule has 32 heavy (non-hydrogen) atoms. The van der Waals surface area contributed by atoms with Crippen LogP contribution in [0, 0.1) is 5.92 Å². The molecule has 0 spiro atoms. The molecule has 10 heteroatoms. The molecule has 2 N–H and O–H groups in total. The lowest BCUT2D eigenvalue weighted by atomic mass is 9.97. The Kier molecular flexibility index (Phi) is 7.81. The SMILES string of the molecule is COc1ccc(S(=O)(=O)N2CCC(C(=O)N[C@H](C)C(=O)NCc3ccncc3)CC2)cc1. The fraction of sp³-hybridized carbons (Fsp3) is 0.409. The van der Waals surface area contributed by atoms with Gasteiger partial charge in [-0.2, -0.15) is 4.31 Å². The molecule has 1 aromatic carbocycles. The Labute approximate surface area is 188 Å². The summed E-state index contributed by atoms with van der Waals surface area (Å²) >= 11 is 0. The fourth-order valence-electron chi connectivity index (χ4n) is 3.49. The van der Waals surface area contributed by atoms with Gasteiger partial charge in [-0.1, -0.05) is 0 Å². The van der Waals surface area contributed by atoms with E-state index in [0.717, 1.165) is 5.56 Å². The van der Waals surface area contributed by atoms with Gasteiger partial charge in [0.2, 0.25) is 21.8 Å². The van der Waals surface area contributed by atoms with Crippen LogP contribution < -0.4 is 15.4 Å². The van der Waals surface area contributed by atoms with Gasteiger partial charge in [-0.15, -0.1) is 0 Å². The maximum absolute atomic E-state index is 12.8. The summed E-state index contributed by atoms with van der Waals surface area (Å²) in [5.74, 6) is -0.279. The van der Waals surface area contributed by atoms with Crippen molar-refractivity contribution in [3.8, 4) is 5.75 Å². The monoisotopic (exact) mass is 460 g/mol. The van der Waals surface area contributed by atoms with E-state index in [1.165, 1.54) is 23.5 Å². The first-order chi connectivity index (χ1) is 15.3. The van der Waals surface area contributed by atoms with Crippen LogP contribution in [0.2, 0.25) is 0 Å². The summed E-state index contributed by atoms with van der Waals surface area (Å²) in [4.78, 5) is 29.0. The van der Waals surface area contributed by atoms with Gasteiger partial charge in [-0.05, 0) is 61.7 Å². The van der Waals surface area contributed by atoms with Crippen LogP contribution in [0.25, 0.3) is 0 Å². The van der Waals surface area contributed by atoms with E-state index in [4.69, 9.17) is 4.74 Å². The Morgan fingerprint density at radius 2 is 1.75 bits per heavy atom. The highest BCUT2D eigenvalue weighted by molar-refractivity contribution is 7.89. The third-order valence-electron chi connectivity index (χ3n) is 5.49. The highest BCUT2D eigenvalue weighted by Gasteiger charge is 2.32. The Hall–Kier alpha value is -2.98. The van der Waals surface area contributed by atoms with Gasteiger partial charge < -0.3 is 15.4 Å². The smallest absolute Gasteiger partial charge is 0.243 e. The lowest BCUT2D eigenvalue weighted by Crippen LogP contribution is -2.49. The molecule has 0 bridgehead atoms. The van der Waals surface area contributed by atoms with E-state index in [2.05, 4.69) is 15.6 Å². The number of carbonyl (C=O) groups is 2. The predicted molar refractivity (Wildman–Crippen MR) is 118 cm³/mol. The number of piperidine rings is 1. The highest BCUT2D eigenvalue weighted by atomic mass is 32.2. The molecule has 1 aliphatic heterocycles. The van der Waals surface area contributed by atoms with Gasteiger partial charge in [0, 0.05) is 37.9 Å². The topological polar surface area (TPSA) is 118 Å². The molecule has 1 fully saturated rings. The molecule has 172 valence electrons. The molecule has 3 rings (SSSR count). The number of nitrogens with one attached hydrogen (secondary N) is 2. The lowest BCUT2D eigenvalue weighted by Gasteiger charge is -2.31. The number of pyridine rings is 1. The maximum Gasteiger partial charge on any atom is 0.243 e. The second-order valence-electron chi connectivity index (χ2n) is 7.66. The molecule has 2 heterocycles. The van der Waals surface area contributed by atoms with Crippen molar-refractivity contribution in [2.75, 3.05) is 20.2 Å². The van der Waals surface area contributed by atoms with E-state index < -0.39 is 16.1 Å². The van der Waals surface area contributed by atoms with Crippen molar-refractivity contribution < 1.29 is 22.7 Å². The lowest BCUT2D eigenvalue weighted by molar-refractivity contribution is -0.131. The minimum atomic E-state index is -3.63. The third-order valence-corrected chi connectivity index (χ3v) is 7.40. The van der Waals surface area contributed by atoms with Crippen LogP contribution in [0.1, 0.15) is 25.3 Å².